The largest absolute Gasteiger partial charge is 0.400 e. The van der Waals surface area contributed by atoms with Gasteiger partial charge in [-0.3, -0.25) is 0 Å². The molecule has 3 heteroatoms. The molecule has 0 aliphatic carbocycles. The summed E-state index contributed by atoms with van der Waals surface area (Å²) in [5, 5.41) is 7.00. The van der Waals surface area contributed by atoms with Crippen molar-refractivity contribution >= 4 is 6.29 Å². The normalized spacial score (nSPS) is 8.25. The van der Waals surface area contributed by atoms with Gasteiger partial charge in [-0.15, -0.1) is 0 Å². The summed E-state index contributed by atoms with van der Waals surface area (Å²) in [6.45, 7) is 0. The Morgan fingerprint density at radius 3 is 2.67 bits per heavy atom. The van der Waals surface area contributed by atoms with Crippen LogP contribution in [0.4, 0.5) is 4.39 Å². The van der Waals surface area contributed by atoms with Crippen LogP contribution in [0.1, 0.15) is 5.56 Å². The van der Waals surface area contributed by atoms with E-state index in [4.69, 9.17) is 5.11 Å². The number of benzene rings is 1. The van der Waals surface area contributed by atoms with Crippen molar-refractivity contribution in [2.75, 3.05) is 7.11 Å². The van der Waals surface area contributed by atoms with E-state index in [1.807, 2.05) is 0 Å². The minimum absolute atomic E-state index is 0.289. The first-order valence-corrected chi connectivity index (χ1v) is 3.46. The summed E-state index contributed by atoms with van der Waals surface area (Å²) in [7, 11) is 1.00. The Kier molecular flexibility index (Phi) is 5.83. The molecule has 1 aromatic rings. The number of hydrogen-bond donors (Lipinski definition) is 1. The van der Waals surface area contributed by atoms with Gasteiger partial charge in [0, 0.05) is 13.5 Å². The summed E-state index contributed by atoms with van der Waals surface area (Å²) in [5.74, 6) is -0.292. The van der Waals surface area contributed by atoms with Gasteiger partial charge >= 0.3 is 0 Å². The van der Waals surface area contributed by atoms with Crippen molar-refractivity contribution < 1.29 is 14.3 Å². The number of aliphatic hydroxyl groups excluding tert-OH is 1. The number of halogens is 1. The summed E-state index contributed by atoms with van der Waals surface area (Å²) in [6.07, 6.45) is 1.05. The zero-order valence-electron chi connectivity index (χ0n) is 6.83. The zero-order chi connectivity index (χ0) is 9.40. The second-order valence-corrected chi connectivity index (χ2v) is 2.00. The van der Waals surface area contributed by atoms with Crippen molar-refractivity contribution in [3.8, 4) is 0 Å². The highest BCUT2D eigenvalue weighted by atomic mass is 19.1. The SMILES string of the molecule is CO.O=CCc1cccc(F)c1. The lowest BCUT2D eigenvalue weighted by atomic mass is 10.2. The van der Waals surface area contributed by atoms with E-state index in [-0.39, 0.29) is 12.2 Å². The van der Waals surface area contributed by atoms with Crippen molar-refractivity contribution in [1.29, 1.82) is 0 Å². The summed E-state index contributed by atoms with van der Waals surface area (Å²) in [6, 6.07) is 6.02. The van der Waals surface area contributed by atoms with E-state index >= 15 is 0 Å². The second kappa shape index (κ2) is 6.49. The van der Waals surface area contributed by atoms with Gasteiger partial charge in [0.2, 0.25) is 0 Å². The molecule has 12 heavy (non-hydrogen) atoms. The molecule has 1 aromatic carbocycles. The molecular formula is C9H11FO2. The lowest BCUT2D eigenvalue weighted by Gasteiger charge is -1.92. The third-order valence-corrected chi connectivity index (χ3v) is 1.21. The fourth-order valence-electron chi connectivity index (χ4n) is 0.760. The maximum atomic E-state index is 12.4. The van der Waals surface area contributed by atoms with Crippen molar-refractivity contribution in [3.05, 3.63) is 35.6 Å². The monoisotopic (exact) mass is 170 g/mol. The minimum atomic E-state index is -0.292. The van der Waals surface area contributed by atoms with Gasteiger partial charge in [0.25, 0.3) is 0 Å². The topological polar surface area (TPSA) is 37.3 Å². The molecule has 0 amide bonds. The van der Waals surface area contributed by atoms with E-state index in [9.17, 15) is 9.18 Å². The van der Waals surface area contributed by atoms with E-state index in [0.717, 1.165) is 19.0 Å². The highest BCUT2D eigenvalue weighted by molar-refractivity contribution is 5.54. The predicted molar refractivity (Wildman–Crippen MR) is 44.3 cm³/mol. The molecule has 0 spiro atoms. The van der Waals surface area contributed by atoms with Crippen LogP contribution in [-0.4, -0.2) is 18.5 Å². The van der Waals surface area contributed by atoms with Crippen LogP contribution in [0.2, 0.25) is 0 Å². The zero-order valence-corrected chi connectivity index (χ0v) is 6.83. The molecule has 0 atom stereocenters. The van der Waals surface area contributed by atoms with Gasteiger partial charge in [0.1, 0.15) is 12.1 Å². The molecule has 2 nitrogen and oxygen atoms in total. The van der Waals surface area contributed by atoms with E-state index in [1.165, 1.54) is 12.1 Å². The van der Waals surface area contributed by atoms with Crippen molar-refractivity contribution in [2.24, 2.45) is 0 Å². The number of aldehydes is 1. The molecule has 0 aliphatic rings. The minimum Gasteiger partial charge on any atom is -0.400 e. The second-order valence-electron chi connectivity index (χ2n) is 2.00. The number of carbonyl (C=O) groups excluding carboxylic acids is 1. The Balaban J connectivity index is 0.000000561. The van der Waals surface area contributed by atoms with Gasteiger partial charge in [-0.1, -0.05) is 12.1 Å². The van der Waals surface area contributed by atoms with E-state index in [2.05, 4.69) is 0 Å². The van der Waals surface area contributed by atoms with E-state index < -0.39 is 0 Å². The molecule has 0 radical (unpaired) electrons. The predicted octanol–water partition coefficient (Wildman–Crippen LogP) is 1.18. The van der Waals surface area contributed by atoms with Crippen LogP contribution in [0, 0.1) is 5.82 Å². The van der Waals surface area contributed by atoms with Crippen LogP contribution in [0.3, 0.4) is 0 Å². The number of carbonyl (C=O) groups is 1. The number of hydrogen-bond acceptors (Lipinski definition) is 2. The van der Waals surface area contributed by atoms with Gasteiger partial charge < -0.3 is 9.90 Å². The first kappa shape index (κ1) is 10.8. The van der Waals surface area contributed by atoms with Crippen LogP contribution in [0.25, 0.3) is 0 Å². The van der Waals surface area contributed by atoms with Gasteiger partial charge in [-0.05, 0) is 17.7 Å². The molecule has 1 N–H and O–H groups in total. The quantitative estimate of drug-likeness (QED) is 0.676. The van der Waals surface area contributed by atoms with Crippen LogP contribution in [0.15, 0.2) is 24.3 Å². The molecule has 0 bridgehead atoms. The third-order valence-electron chi connectivity index (χ3n) is 1.21. The summed E-state index contributed by atoms with van der Waals surface area (Å²) >= 11 is 0. The fourth-order valence-corrected chi connectivity index (χ4v) is 0.760. The van der Waals surface area contributed by atoms with Crippen LogP contribution < -0.4 is 0 Å². The molecule has 0 aliphatic heterocycles. The molecule has 0 saturated carbocycles. The average molecular weight is 170 g/mol. The van der Waals surface area contributed by atoms with Gasteiger partial charge in [-0.25, -0.2) is 4.39 Å². The van der Waals surface area contributed by atoms with Crippen LogP contribution in [0.5, 0.6) is 0 Å². The molecule has 0 aromatic heterocycles. The Morgan fingerprint density at radius 2 is 2.17 bits per heavy atom. The Morgan fingerprint density at radius 1 is 1.50 bits per heavy atom. The molecule has 66 valence electrons. The van der Waals surface area contributed by atoms with E-state index in [0.29, 0.717) is 0 Å². The first-order valence-electron chi connectivity index (χ1n) is 3.46. The fraction of sp³-hybridized carbons (Fsp3) is 0.222. The standard InChI is InChI=1S/C8H7FO.CH4O/c9-8-3-1-2-7(6-8)4-5-10;1-2/h1-3,5-6H,4H2;2H,1H3. The van der Waals surface area contributed by atoms with Crippen molar-refractivity contribution in [3.63, 3.8) is 0 Å². The van der Waals surface area contributed by atoms with Gasteiger partial charge in [0.05, 0.1) is 0 Å². The Bertz CT molecular complexity index is 236. The highest BCUT2D eigenvalue weighted by Crippen LogP contribution is 2.02. The van der Waals surface area contributed by atoms with Gasteiger partial charge in [-0.2, -0.15) is 0 Å². The smallest absolute Gasteiger partial charge is 0.124 e. The van der Waals surface area contributed by atoms with Crippen LogP contribution >= 0.6 is 0 Å². The Labute approximate surface area is 70.7 Å². The van der Waals surface area contributed by atoms with Gasteiger partial charge in [0.15, 0.2) is 0 Å². The number of aliphatic hydroxyl groups is 1. The summed E-state index contributed by atoms with van der Waals surface area (Å²) < 4.78 is 12.4. The molecule has 0 unspecified atom stereocenters. The van der Waals surface area contributed by atoms with Crippen molar-refractivity contribution in [2.45, 2.75) is 6.42 Å². The summed E-state index contributed by atoms with van der Waals surface area (Å²) in [4.78, 5) is 9.96. The molecule has 0 saturated heterocycles. The summed E-state index contributed by atoms with van der Waals surface area (Å²) in [5.41, 5.74) is 0.718. The third kappa shape index (κ3) is 3.83. The highest BCUT2D eigenvalue weighted by Gasteiger charge is 1.91. The maximum absolute atomic E-state index is 12.4. The number of rotatable bonds is 2. The average Bonchev–Trinajstić information content (AvgIpc) is 2.09. The molecule has 0 heterocycles. The molecular weight excluding hydrogens is 159 g/mol. The maximum Gasteiger partial charge on any atom is 0.124 e. The van der Waals surface area contributed by atoms with Crippen molar-refractivity contribution in [1.82, 2.24) is 0 Å². The Hall–Kier alpha value is -1.22. The molecule has 1 rings (SSSR count). The molecule has 0 fully saturated rings. The first-order chi connectivity index (χ1) is 5.83. The lowest BCUT2D eigenvalue weighted by Crippen LogP contribution is -1.85. The van der Waals surface area contributed by atoms with Crippen LogP contribution in [-0.2, 0) is 11.2 Å². The van der Waals surface area contributed by atoms with E-state index in [1.54, 1.807) is 12.1 Å². The lowest BCUT2D eigenvalue weighted by molar-refractivity contribution is -0.107.